The van der Waals surface area contributed by atoms with E-state index in [0.29, 0.717) is 16.9 Å². The minimum Gasteiger partial charge on any atom is -0.328 e. The largest absolute Gasteiger partial charge is 0.328 e. The van der Waals surface area contributed by atoms with Gasteiger partial charge in [-0.2, -0.15) is 5.10 Å². The van der Waals surface area contributed by atoms with Crippen molar-refractivity contribution in [1.82, 2.24) is 19.3 Å². The fourth-order valence-electron chi connectivity index (χ4n) is 4.64. The highest BCUT2D eigenvalue weighted by atomic mass is 32.1. The van der Waals surface area contributed by atoms with Gasteiger partial charge in [0.05, 0.1) is 5.69 Å². The molecule has 4 nitrogen and oxygen atoms in total. The molecule has 0 radical (unpaired) electrons. The van der Waals surface area contributed by atoms with E-state index in [4.69, 9.17) is 12.2 Å². The highest BCUT2D eigenvalue weighted by Gasteiger charge is 2.40. The third-order valence-electron chi connectivity index (χ3n) is 4.77. The highest BCUT2D eigenvalue weighted by molar-refractivity contribution is 7.71. The zero-order chi connectivity index (χ0) is 15.6. The van der Waals surface area contributed by atoms with Gasteiger partial charge in [0.15, 0.2) is 10.4 Å². The highest BCUT2D eigenvalue weighted by Crippen LogP contribution is 2.50. The third kappa shape index (κ3) is 2.45. The quantitative estimate of drug-likeness (QED) is 0.787. The van der Waals surface area contributed by atoms with E-state index in [9.17, 15) is 0 Å². The lowest BCUT2D eigenvalue weighted by atomic mass is 9.63. The smallest absolute Gasteiger partial charge is 0.179 e. The maximum absolute atomic E-state index is 5.62. The molecule has 0 bridgehead atoms. The molecule has 2 aromatic rings. The van der Waals surface area contributed by atoms with Crippen LogP contribution in [-0.4, -0.2) is 19.3 Å². The average Bonchev–Trinajstić information content (AvgIpc) is 2.73. The van der Waals surface area contributed by atoms with Crippen LogP contribution in [0.25, 0.3) is 11.2 Å². The summed E-state index contributed by atoms with van der Waals surface area (Å²) in [4.78, 5) is 3.36. The Balaban J connectivity index is 2.16. The molecular weight excluding hydrogens is 280 g/mol. The average molecular weight is 306 g/mol. The van der Waals surface area contributed by atoms with Gasteiger partial charge >= 0.3 is 0 Å². The summed E-state index contributed by atoms with van der Waals surface area (Å²) in [5.41, 5.74) is 3.93. The first kappa shape index (κ1) is 14.8. The van der Waals surface area contributed by atoms with Crippen LogP contribution in [0.15, 0.2) is 0 Å². The second-order valence-corrected chi connectivity index (χ2v) is 8.66. The van der Waals surface area contributed by atoms with E-state index in [1.54, 1.807) is 0 Å². The minimum absolute atomic E-state index is 0.346. The van der Waals surface area contributed by atoms with Crippen molar-refractivity contribution in [1.29, 1.82) is 0 Å². The van der Waals surface area contributed by atoms with Crippen LogP contribution >= 0.6 is 12.2 Å². The molecule has 5 heteroatoms. The summed E-state index contributed by atoms with van der Waals surface area (Å²) in [7, 11) is 2.01. The Morgan fingerprint density at radius 2 is 1.76 bits per heavy atom. The fourth-order valence-corrected chi connectivity index (χ4v) is 4.98. The molecule has 2 aromatic heterocycles. The van der Waals surface area contributed by atoms with E-state index in [0.717, 1.165) is 21.6 Å². The molecule has 0 unspecified atom stereocenters. The summed E-state index contributed by atoms with van der Waals surface area (Å²) < 4.78 is 5.11. The normalized spacial score (nSPS) is 22.0. The molecule has 116 valence electrons. The van der Waals surface area contributed by atoms with Crippen LogP contribution in [0.5, 0.6) is 0 Å². The Morgan fingerprint density at radius 3 is 2.33 bits per heavy atom. The topological polar surface area (TPSA) is 38.5 Å². The van der Waals surface area contributed by atoms with Crippen molar-refractivity contribution in [3.8, 4) is 0 Å². The molecule has 1 saturated carbocycles. The molecule has 0 saturated heterocycles. The van der Waals surface area contributed by atoms with Crippen molar-refractivity contribution in [2.75, 3.05) is 0 Å². The Morgan fingerprint density at radius 1 is 1.19 bits per heavy atom. The van der Waals surface area contributed by atoms with Crippen molar-refractivity contribution >= 4 is 23.4 Å². The number of aromatic nitrogens is 4. The summed E-state index contributed by atoms with van der Waals surface area (Å²) in [5, 5.41) is 4.54. The van der Waals surface area contributed by atoms with E-state index in [1.807, 2.05) is 18.7 Å². The fraction of sp³-hybridized carbons (Fsp3) is 0.750. The molecule has 0 amide bonds. The second kappa shape index (κ2) is 4.45. The molecule has 21 heavy (non-hydrogen) atoms. The van der Waals surface area contributed by atoms with E-state index in [2.05, 4.69) is 42.3 Å². The molecular formula is C16H26N4S. The van der Waals surface area contributed by atoms with Crippen LogP contribution in [0.3, 0.4) is 0 Å². The molecule has 0 spiro atoms. The van der Waals surface area contributed by atoms with Gasteiger partial charge in [0.2, 0.25) is 0 Å². The predicted molar refractivity (Wildman–Crippen MR) is 89.1 cm³/mol. The number of aromatic amines is 1. The summed E-state index contributed by atoms with van der Waals surface area (Å²) in [5.74, 6) is 0. The van der Waals surface area contributed by atoms with Gasteiger partial charge in [0.25, 0.3) is 0 Å². The summed E-state index contributed by atoms with van der Waals surface area (Å²) in [6.45, 7) is 11.5. The van der Waals surface area contributed by atoms with Crippen molar-refractivity contribution in [3.63, 3.8) is 0 Å². The van der Waals surface area contributed by atoms with Crippen LogP contribution in [0.1, 0.15) is 58.7 Å². The lowest BCUT2D eigenvalue weighted by molar-refractivity contribution is 0.0729. The summed E-state index contributed by atoms with van der Waals surface area (Å²) >= 11 is 5.62. The van der Waals surface area contributed by atoms with E-state index in [-0.39, 0.29) is 0 Å². The van der Waals surface area contributed by atoms with Crippen molar-refractivity contribution < 1.29 is 0 Å². The second-order valence-electron chi connectivity index (χ2n) is 8.28. The van der Waals surface area contributed by atoms with Gasteiger partial charge in [0, 0.05) is 13.1 Å². The minimum atomic E-state index is 0.346. The zero-order valence-corrected chi connectivity index (χ0v) is 14.8. The van der Waals surface area contributed by atoms with Crippen molar-refractivity contribution in [2.24, 2.45) is 17.9 Å². The standard InChI is InChI=1S/C16H26N4S/c1-10-12-13(19(6)18-10)20(14(21)17-12)11-7-15(2,3)9-16(4,5)8-11/h11H,7-9H2,1-6H3,(H,17,21). The predicted octanol–water partition coefficient (Wildman–Crippen LogP) is 4.52. The number of fused-ring (bicyclic) bond motifs is 1. The Bertz CT molecular complexity index is 728. The molecule has 0 atom stereocenters. The Labute approximate surface area is 131 Å². The number of imidazole rings is 1. The maximum atomic E-state index is 5.62. The number of nitrogens with one attached hydrogen (secondary N) is 1. The van der Waals surface area contributed by atoms with E-state index in [1.165, 1.54) is 19.3 Å². The van der Waals surface area contributed by atoms with E-state index >= 15 is 0 Å². The van der Waals surface area contributed by atoms with Crippen LogP contribution in [0.2, 0.25) is 0 Å². The van der Waals surface area contributed by atoms with E-state index < -0.39 is 0 Å². The molecule has 0 aromatic carbocycles. The number of H-pyrrole nitrogens is 1. The number of hydrogen-bond donors (Lipinski definition) is 1. The molecule has 1 N–H and O–H groups in total. The van der Waals surface area contributed by atoms with Gasteiger partial charge < -0.3 is 4.98 Å². The SMILES string of the molecule is Cc1nn(C)c2c1[nH]c(=S)n2C1CC(C)(C)CC(C)(C)C1. The van der Waals surface area contributed by atoms with Gasteiger partial charge in [-0.15, -0.1) is 0 Å². The van der Waals surface area contributed by atoms with Gasteiger partial charge in [-0.05, 0) is 49.2 Å². The van der Waals surface area contributed by atoms with Gasteiger partial charge in [-0.25, -0.2) is 0 Å². The monoisotopic (exact) mass is 306 g/mol. The van der Waals surface area contributed by atoms with Crippen LogP contribution in [0.4, 0.5) is 0 Å². The number of aryl methyl sites for hydroxylation is 2. The van der Waals surface area contributed by atoms with Gasteiger partial charge in [0.1, 0.15) is 5.52 Å². The number of hydrogen-bond acceptors (Lipinski definition) is 2. The zero-order valence-electron chi connectivity index (χ0n) is 13.9. The third-order valence-corrected chi connectivity index (χ3v) is 5.07. The van der Waals surface area contributed by atoms with Crippen LogP contribution < -0.4 is 0 Å². The number of nitrogens with zero attached hydrogens (tertiary/aromatic N) is 3. The molecule has 1 aliphatic carbocycles. The molecule has 3 rings (SSSR count). The first-order valence-corrected chi connectivity index (χ1v) is 8.14. The van der Waals surface area contributed by atoms with Crippen LogP contribution in [0, 0.1) is 22.5 Å². The lowest BCUT2D eigenvalue weighted by Crippen LogP contribution is -2.35. The van der Waals surface area contributed by atoms with Crippen LogP contribution in [-0.2, 0) is 7.05 Å². The first-order valence-electron chi connectivity index (χ1n) is 7.73. The first-order chi connectivity index (χ1) is 9.60. The van der Waals surface area contributed by atoms with Crippen molar-refractivity contribution in [2.45, 2.75) is 59.9 Å². The Kier molecular flexibility index (Phi) is 3.14. The molecule has 1 fully saturated rings. The summed E-state index contributed by atoms with van der Waals surface area (Å²) in [6, 6.07) is 0.444. The van der Waals surface area contributed by atoms with Gasteiger partial charge in [-0.1, -0.05) is 27.7 Å². The lowest BCUT2D eigenvalue weighted by Gasteiger charge is -2.45. The maximum Gasteiger partial charge on any atom is 0.179 e. The molecule has 2 heterocycles. The number of rotatable bonds is 1. The Hall–Kier alpha value is -1.10. The van der Waals surface area contributed by atoms with Crippen molar-refractivity contribution in [3.05, 3.63) is 10.5 Å². The molecule has 0 aliphatic heterocycles. The molecule has 1 aliphatic rings. The van der Waals surface area contributed by atoms with Gasteiger partial charge in [-0.3, -0.25) is 9.25 Å². The summed E-state index contributed by atoms with van der Waals surface area (Å²) in [6.07, 6.45) is 3.60.